The highest BCUT2D eigenvalue weighted by Gasteiger charge is 2.30. The van der Waals surface area contributed by atoms with E-state index in [2.05, 4.69) is 10.3 Å². The van der Waals surface area contributed by atoms with Crippen LogP contribution >= 0.6 is 23.1 Å². The highest BCUT2D eigenvalue weighted by molar-refractivity contribution is 7.99. The summed E-state index contributed by atoms with van der Waals surface area (Å²) in [6.45, 7) is 1.12. The molecule has 9 heteroatoms. The molecular formula is C14H16N4O3S2. The second kappa shape index (κ2) is 7.14. The van der Waals surface area contributed by atoms with Crippen LogP contribution in [0.2, 0.25) is 0 Å². The molecule has 3 rings (SSSR count). The highest BCUT2D eigenvalue weighted by Crippen LogP contribution is 2.21. The normalized spacial score (nSPS) is 18.1. The second-order valence-corrected chi connectivity index (χ2v) is 7.39. The van der Waals surface area contributed by atoms with E-state index >= 15 is 0 Å². The molecule has 23 heavy (non-hydrogen) atoms. The Morgan fingerprint density at radius 3 is 3.04 bits per heavy atom. The van der Waals surface area contributed by atoms with Gasteiger partial charge in [0.05, 0.1) is 25.2 Å². The summed E-state index contributed by atoms with van der Waals surface area (Å²) in [5, 5.41) is 18.9. The minimum Gasteiger partial charge on any atom is -0.481 e. The average molecular weight is 352 g/mol. The first-order valence-corrected chi connectivity index (χ1v) is 9.20. The van der Waals surface area contributed by atoms with E-state index in [4.69, 9.17) is 5.11 Å². The molecule has 1 aliphatic rings. The number of carboxylic acids is 1. The summed E-state index contributed by atoms with van der Waals surface area (Å²) in [4.78, 5) is 26.3. The van der Waals surface area contributed by atoms with E-state index in [9.17, 15) is 9.59 Å². The number of aromatic nitrogens is 3. The SMILES string of the molecule is O=C(O)CC1CSCCN1C(=O)c1cn(Cc2cccs2)nn1. The summed E-state index contributed by atoms with van der Waals surface area (Å²) >= 11 is 3.29. The van der Waals surface area contributed by atoms with Crippen LogP contribution in [0, 0.1) is 0 Å². The predicted octanol–water partition coefficient (Wildman–Crippen LogP) is 1.42. The Balaban J connectivity index is 1.71. The van der Waals surface area contributed by atoms with Crippen LogP contribution in [0.5, 0.6) is 0 Å². The van der Waals surface area contributed by atoms with E-state index in [0.717, 1.165) is 10.6 Å². The molecule has 1 unspecified atom stereocenters. The fourth-order valence-corrected chi connectivity index (χ4v) is 4.23. The van der Waals surface area contributed by atoms with Crippen LogP contribution in [-0.4, -0.2) is 61.0 Å². The molecule has 0 aliphatic carbocycles. The maximum Gasteiger partial charge on any atom is 0.305 e. The number of hydrogen-bond donors (Lipinski definition) is 1. The summed E-state index contributed by atoms with van der Waals surface area (Å²) in [5.41, 5.74) is 0.267. The Labute approximate surface area is 141 Å². The van der Waals surface area contributed by atoms with E-state index in [0.29, 0.717) is 18.8 Å². The van der Waals surface area contributed by atoms with Crippen LogP contribution in [0.25, 0.3) is 0 Å². The highest BCUT2D eigenvalue weighted by atomic mass is 32.2. The quantitative estimate of drug-likeness (QED) is 0.875. The van der Waals surface area contributed by atoms with Crippen molar-refractivity contribution < 1.29 is 14.7 Å². The van der Waals surface area contributed by atoms with Crippen LogP contribution in [0.3, 0.4) is 0 Å². The largest absolute Gasteiger partial charge is 0.481 e. The van der Waals surface area contributed by atoms with Crippen molar-refractivity contribution in [2.24, 2.45) is 0 Å². The lowest BCUT2D eigenvalue weighted by atomic mass is 10.2. The van der Waals surface area contributed by atoms with Crippen molar-refractivity contribution in [3.8, 4) is 0 Å². The molecule has 1 atom stereocenters. The number of carbonyl (C=O) groups is 2. The zero-order chi connectivity index (χ0) is 16.2. The van der Waals surface area contributed by atoms with Gasteiger partial charge >= 0.3 is 5.97 Å². The van der Waals surface area contributed by atoms with E-state index in [1.165, 1.54) is 0 Å². The zero-order valence-electron chi connectivity index (χ0n) is 12.3. The third-order valence-electron chi connectivity index (χ3n) is 3.55. The van der Waals surface area contributed by atoms with E-state index in [1.807, 2.05) is 17.5 Å². The average Bonchev–Trinajstić information content (AvgIpc) is 3.19. The van der Waals surface area contributed by atoms with Crippen molar-refractivity contribution in [2.75, 3.05) is 18.1 Å². The molecule has 0 saturated carbocycles. The number of amides is 1. The van der Waals surface area contributed by atoms with Gasteiger partial charge in [0.2, 0.25) is 0 Å². The van der Waals surface area contributed by atoms with Crippen LogP contribution in [0.15, 0.2) is 23.7 Å². The molecule has 0 radical (unpaired) electrons. The fraction of sp³-hybridized carbons (Fsp3) is 0.429. The molecule has 7 nitrogen and oxygen atoms in total. The van der Waals surface area contributed by atoms with Gasteiger partial charge in [-0.25, -0.2) is 4.68 Å². The number of carbonyl (C=O) groups excluding carboxylic acids is 1. The lowest BCUT2D eigenvalue weighted by Gasteiger charge is -2.34. The van der Waals surface area contributed by atoms with E-state index in [-0.39, 0.29) is 24.1 Å². The van der Waals surface area contributed by atoms with Gasteiger partial charge in [0.1, 0.15) is 0 Å². The number of aliphatic carboxylic acids is 1. The molecule has 1 amide bonds. The number of hydrogen-bond acceptors (Lipinski definition) is 6. The lowest BCUT2D eigenvalue weighted by Crippen LogP contribution is -2.47. The molecule has 1 saturated heterocycles. The molecule has 3 heterocycles. The maximum atomic E-state index is 12.6. The van der Waals surface area contributed by atoms with Crippen LogP contribution in [0.1, 0.15) is 21.8 Å². The lowest BCUT2D eigenvalue weighted by molar-refractivity contribution is -0.138. The first kappa shape index (κ1) is 16.0. The Morgan fingerprint density at radius 1 is 1.43 bits per heavy atom. The number of carboxylic acid groups (broad SMARTS) is 1. The molecule has 1 aliphatic heterocycles. The van der Waals surface area contributed by atoms with Crippen LogP contribution < -0.4 is 0 Å². The van der Waals surface area contributed by atoms with E-state index in [1.54, 1.807) is 38.9 Å². The van der Waals surface area contributed by atoms with Crippen molar-refractivity contribution in [3.05, 3.63) is 34.3 Å². The van der Waals surface area contributed by atoms with Crippen molar-refractivity contribution in [2.45, 2.75) is 19.0 Å². The van der Waals surface area contributed by atoms with Gasteiger partial charge in [0, 0.05) is 22.9 Å². The Kier molecular flexibility index (Phi) is 4.97. The Morgan fingerprint density at radius 2 is 2.30 bits per heavy atom. The van der Waals surface area contributed by atoms with Gasteiger partial charge in [0.15, 0.2) is 5.69 Å². The van der Waals surface area contributed by atoms with Gasteiger partial charge in [-0.15, -0.1) is 16.4 Å². The third kappa shape index (κ3) is 3.91. The summed E-state index contributed by atoms with van der Waals surface area (Å²) in [6.07, 6.45) is 1.59. The van der Waals surface area contributed by atoms with Crippen molar-refractivity contribution in [1.29, 1.82) is 0 Å². The summed E-state index contributed by atoms with van der Waals surface area (Å²) in [5.74, 6) is 0.317. The zero-order valence-corrected chi connectivity index (χ0v) is 13.9. The Hall–Kier alpha value is -1.87. The molecule has 0 spiro atoms. The first-order valence-electron chi connectivity index (χ1n) is 7.16. The summed E-state index contributed by atoms with van der Waals surface area (Å²) in [6, 6.07) is 3.67. The van der Waals surface area contributed by atoms with Gasteiger partial charge in [0.25, 0.3) is 5.91 Å². The summed E-state index contributed by atoms with van der Waals surface area (Å²) in [7, 11) is 0. The molecule has 0 aromatic carbocycles. The molecule has 0 bridgehead atoms. The van der Waals surface area contributed by atoms with Gasteiger partial charge < -0.3 is 10.0 Å². The standard InChI is InChI=1S/C14H16N4O3S2/c19-13(20)6-10-9-22-5-3-18(10)14(21)12-8-17(16-15-12)7-11-2-1-4-23-11/h1-2,4,8,10H,3,5-7,9H2,(H,19,20). The van der Waals surface area contributed by atoms with Crippen molar-refractivity contribution >= 4 is 35.0 Å². The van der Waals surface area contributed by atoms with Crippen LogP contribution in [-0.2, 0) is 11.3 Å². The predicted molar refractivity (Wildman–Crippen MR) is 87.8 cm³/mol. The molecule has 1 fully saturated rings. The number of thioether (sulfide) groups is 1. The van der Waals surface area contributed by atoms with Crippen molar-refractivity contribution in [3.63, 3.8) is 0 Å². The van der Waals surface area contributed by atoms with E-state index < -0.39 is 5.97 Å². The fourth-order valence-electron chi connectivity index (χ4n) is 2.48. The Bertz CT molecular complexity index is 686. The molecule has 1 N–H and O–H groups in total. The molecular weight excluding hydrogens is 336 g/mol. The monoisotopic (exact) mass is 352 g/mol. The topological polar surface area (TPSA) is 88.3 Å². The maximum absolute atomic E-state index is 12.6. The van der Waals surface area contributed by atoms with Crippen molar-refractivity contribution in [1.82, 2.24) is 19.9 Å². The number of nitrogens with zero attached hydrogens (tertiary/aromatic N) is 4. The second-order valence-electron chi connectivity index (χ2n) is 5.21. The molecule has 2 aromatic heterocycles. The van der Waals surface area contributed by atoms with Gasteiger partial charge in [-0.3, -0.25) is 9.59 Å². The smallest absolute Gasteiger partial charge is 0.305 e. The summed E-state index contributed by atoms with van der Waals surface area (Å²) < 4.78 is 1.63. The number of thiophene rings is 1. The van der Waals surface area contributed by atoms with Gasteiger partial charge in [-0.2, -0.15) is 11.8 Å². The molecule has 122 valence electrons. The minimum atomic E-state index is -0.892. The van der Waals surface area contributed by atoms with Crippen LogP contribution in [0.4, 0.5) is 0 Å². The minimum absolute atomic E-state index is 0.0396. The van der Waals surface area contributed by atoms with Gasteiger partial charge in [-0.1, -0.05) is 11.3 Å². The third-order valence-corrected chi connectivity index (χ3v) is 5.51. The number of rotatable bonds is 5. The first-order chi connectivity index (χ1) is 11.1. The molecule has 2 aromatic rings. The van der Waals surface area contributed by atoms with Gasteiger partial charge in [-0.05, 0) is 11.4 Å².